The normalized spacial score (nSPS) is 20.8. The Kier molecular flexibility index (Phi) is 5.00. The summed E-state index contributed by atoms with van der Waals surface area (Å²) in [4.78, 5) is 12.1. The van der Waals surface area contributed by atoms with E-state index in [1.807, 2.05) is 0 Å². The molecule has 0 heterocycles. The van der Waals surface area contributed by atoms with E-state index in [0.717, 1.165) is 32.1 Å². The molecule has 0 aromatic carbocycles. The predicted octanol–water partition coefficient (Wildman–Crippen LogP) is 1.98. The highest BCUT2D eigenvalue weighted by Crippen LogP contribution is 2.21. The van der Waals surface area contributed by atoms with Crippen molar-refractivity contribution in [3.63, 3.8) is 0 Å². The maximum Gasteiger partial charge on any atom is 0.223 e. The second kappa shape index (κ2) is 6.04. The first-order valence-electron chi connectivity index (χ1n) is 6.34. The molecule has 0 aromatic rings. The van der Waals surface area contributed by atoms with E-state index in [1.54, 1.807) is 0 Å². The minimum atomic E-state index is -0.196. The Balaban J connectivity index is 2.57. The Morgan fingerprint density at radius 2 is 2.12 bits per heavy atom. The van der Waals surface area contributed by atoms with Crippen LogP contribution in [0, 0.1) is 5.92 Å². The van der Waals surface area contributed by atoms with Crippen LogP contribution in [0.5, 0.6) is 0 Å². The minimum absolute atomic E-state index is 0.147. The molecule has 3 N–H and O–H groups in total. The van der Waals surface area contributed by atoms with Crippen molar-refractivity contribution < 1.29 is 4.79 Å². The first-order valence-corrected chi connectivity index (χ1v) is 6.34. The first-order chi connectivity index (χ1) is 7.67. The lowest BCUT2D eigenvalue weighted by atomic mass is 9.89. The fourth-order valence-corrected chi connectivity index (χ4v) is 2.16. The van der Waals surface area contributed by atoms with Crippen molar-refractivity contribution in [3.05, 3.63) is 12.2 Å². The van der Waals surface area contributed by atoms with Gasteiger partial charge in [-0.25, -0.2) is 0 Å². The Labute approximate surface area is 98.5 Å². The molecule has 16 heavy (non-hydrogen) atoms. The molecule has 0 bridgehead atoms. The van der Waals surface area contributed by atoms with E-state index in [2.05, 4.69) is 31.3 Å². The van der Waals surface area contributed by atoms with Gasteiger partial charge in [-0.2, -0.15) is 0 Å². The number of rotatable bonds is 5. The number of nitrogens with one attached hydrogen (secondary N) is 1. The number of nitrogens with two attached hydrogens (primary N) is 1. The fourth-order valence-electron chi connectivity index (χ4n) is 2.16. The van der Waals surface area contributed by atoms with Crippen LogP contribution < -0.4 is 11.1 Å². The maximum atomic E-state index is 12.1. The summed E-state index contributed by atoms with van der Waals surface area (Å²) in [5, 5.41) is 3.15. The number of carbonyl (C=O) groups is 1. The van der Waals surface area contributed by atoms with Crippen molar-refractivity contribution in [2.24, 2.45) is 11.7 Å². The number of hydrogen-bond donors (Lipinski definition) is 2. The lowest BCUT2D eigenvalue weighted by Gasteiger charge is -2.33. The molecule has 1 aliphatic rings. The van der Waals surface area contributed by atoms with Crippen LogP contribution in [0.3, 0.4) is 0 Å². The fraction of sp³-hybridized carbons (Fsp3) is 0.769. The lowest BCUT2D eigenvalue weighted by Crippen LogP contribution is -2.54. The Bertz CT molecular complexity index is 248. The zero-order valence-corrected chi connectivity index (χ0v) is 10.5. The molecule has 0 radical (unpaired) electrons. The summed E-state index contributed by atoms with van der Waals surface area (Å²) in [6, 6.07) is 0. The number of amides is 1. The van der Waals surface area contributed by atoms with Gasteiger partial charge in [0, 0.05) is 12.5 Å². The highest BCUT2D eigenvalue weighted by atomic mass is 16.2. The molecule has 0 spiro atoms. The lowest BCUT2D eigenvalue weighted by molar-refractivity contribution is -0.127. The van der Waals surface area contributed by atoms with Gasteiger partial charge in [-0.1, -0.05) is 26.0 Å². The van der Waals surface area contributed by atoms with Gasteiger partial charge in [0.25, 0.3) is 0 Å². The van der Waals surface area contributed by atoms with Gasteiger partial charge in [-0.05, 0) is 32.1 Å². The third-order valence-corrected chi connectivity index (χ3v) is 3.77. The summed E-state index contributed by atoms with van der Waals surface area (Å²) in [6.45, 7) is 4.68. The zero-order valence-electron chi connectivity index (χ0n) is 10.5. The molecule has 3 heteroatoms. The molecular weight excluding hydrogens is 200 g/mol. The maximum absolute atomic E-state index is 12.1. The Hall–Kier alpha value is -0.830. The first kappa shape index (κ1) is 13.2. The smallest absolute Gasteiger partial charge is 0.223 e. The third kappa shape index (κ3) is 3.08. The molecule has 1 rings (SSSR count). The van der Waals surface area contributed by atoms with E-state index in [4.69, 9.17) is 5.73 Å². The van der Waals surface area contributed by atoms with Gasteiger partial charge in [-0.15, -0.1) is 0 Å². The summed E-state index contributed by atoms with van der Waals surface area (Å²) >= 11 is 0. The minimum Gasteiger partial charge on any atom is -0.349 e. The van der Waals surface area contributed by atoms with Gasteiger partial charge in [-0.3, -0.25) is 4.79 Å². The van der Waals surface area contributed by atoms with Crippen LogP contribution in [-0.4, -0.2) is 18.0 Å². The van der Waals surface area contributed by atoms with Gasteiger partial charge in [0.2, 0.25) is 5.91 Å². The van der Waals surface area contributed by atoms with Gasteiger partial charge in [0.15, 0.2) is 0 Å². The van der Waals surface area contributed by atoms with E-state index in [1.165, 1.54) is 0 Å². The third-order valence-electron chi connectivity index (χ3n) is 3.77. The van der Waals surface area contributed by atoms with Gasteiger partial charge in [0.1, 0.15) is 0 Å². The molecule has 1 amide bonds. The molecule has 1 unspecified atom stereocenters. The van der Waals surface area contributed by atoms with E-state index in [9.17, 15) is 4.79 Å². The van der Waals surface area contributed by atoms with Crippen LogP contribution in [0.2, 0.25) is 0 Å². The quantitative estimate of drug-likeness (QED) is 0.702. The highest BCUT2D eigenvalue weighted by molar-refractivity contribution is 5.79. The second-order valence-corrected chi connectivity index (χ2v) is 4.66. The molecule has 92 valence electrons. The van der Waals surface area contributed by atoms with E-state index in [-0.39, 0.29) is 17.4 Å². The average Bonchev–Trinajstić information content (AvgIpc) is 2.37. The summed E-state index contributed by atoms with van der Waals surface area (Å²) in [7, 11) is 0. The van der Waals surface area contributed by atoms with Crippen LogP contribution >= 0.6 is 0 Å². The molecule has 0 aliphatic heterocycles. The molecule has 0 aromatic heterocycles. The van der Waals surface area contributed by atoms with Crippen molar-refractivity contribution in [2.75, 3.05) is 6.54 Å². The summed E-state index contributed by atoms with van der Waals surface area (Å²) in [5.41, 5.74) is 5.58. The van der Waals surface area contributed by atoms with Gasteiger partial charge in [0.05, 0.1) is 5.54 Å². The van der Waals surface area contributed by atoms with Crippen LogP contribution in [-0.2, 0) is 4.79 Å². The van der Waals surface area contributed by atoms with E-state index < -0.39 is 0 Å². The highest BCUT2D eigenvalue weighted by Gasteiger charge is 2.29. The van der Waals surface area contributed by atoms with Crippen LogP contribution in [0.1, 0.15) is 46.0 Å². The molecule has 0 saturated heterocycles. The average molecular weight is 224 g/mol. The Morgan fingerprint density at radius 3 is 2.56 bits per heavy atom. The standard InChI is InChI=1S/C13H24N2O/c1-3-13(4-2,10-14)15-12(16)11-8-6-5-7-9-11/h5-6,11H,3-4,7-10,14H2,1-2H3,(H,15,16). The van der Waals surface area contributed by atoms with Gasteiger partial charge < -0.3 is 11.1 Å². The molecular formula is C13H24N2O. The van der Waals surface area contributed by atoms with Crippen molar-refractivity contribution in [3.8, 4) is 0 Å². The number of carbonyl (C=O) groups excluding carboxylic acids is 1. The SMILES string of the molecule is CCC(CC)(CN)NC(=O)C1CC=CCC1. The molecule has 1 aliphatic carbocycles. The van der Waals surface area contributed by atoms with Crippen molar-refractivity contribution in [2.45, 2.75) is 51.5 Å². The van der Waals surface area contributed by atoms with Gasteiger partial charge >= 0.3 is 0 Å². The monoisotopic (exact) mass is 224 g/mol. The van der Waals surface area contributed by atoms with Crippen molar-refractivity contribution in [1.82, 2.24) is 5.32 Å². The van der Waals surface area contributed by atoms with E-state index >= 15 is 0 Å². The van der Waals surface area contributed by atoms with Crippen molar-refractivity contribution >= 4 is 5.91 Å². The van der Waals surface area contributed by atoms with Crippen LogP contribution in [0.4, 0.5) is 0 Å². The second-order valence-electron chi connectivity index (χ2n) is 4.66. The van der Waals surface area contributed by atoms with Crippen LogP contribution in [0.25, 0.3) is 0 Å². The molecule has 0 saturated carbocycles. The molecule has 1 atom stereocenters. The summed E-state index contributed by atoms with van der Waals surface area (Å²) in [6.07, 6.45) is 8.92. The molecule has 3 nitrogen and oxygen atoms in total. The van der Waals surface area contributed by atoms with Crippen molar-refractivity contribution in [1.29, 1.82) is 0 Å². The number of allylic oxidation sites excluding steroid dienone is 2. The molecule has 0 fully saturated rings. The number of hydrogen-bond acceptors (Lipinski definition) is 2. The largest absolute Gasteiger partial charge is 0.349 e. The zero-order chi connectivity index (χ0) is 12.0. The topological polar surface area (TPSA) is 55.1 Å². The summed E-state index contributed by atoms with van der Waals surface area (Å²) < 4.78 is 0. The summed E-state index contributed by atoms with van der Waals surface area (Å²) in [5.74, 6) is 0.326. The Morgan fingerprint density at radius 1 is 1.44 bits per heavy atom. The predicted molar refractivity (Wildman–Crippen MR) is 67.0 cm³/mol. The van der Waals surface area contributed by atoms with Crippen LogP contribution in [0.15, 0.2) is 12.2 Å². The van der Waals surface area contributed by atoms with E-state index in [0.29, 0.717) is 6.54 Å².